The molecule has 0 heterocycles. The van der Waals surface area contributed by atoms with Crippen molar-refractivity contribution in [2.24, 2.45) is 11.7 Å². The van der Waals surface area contributed by atoms with Crippen LogP contribution in [-0.2, 0) is 6.18 Å². The predicted octanol–water partition coefficient (Wildman–Crippen LogP) is 3.26. The summed E-state index contributed by atoms with van der Waals surface area (Å²) in [7, 11) is 0. The maximum atomic E-state index is 12.5. The minimum Gasteiger partial charge on any atom is -0.327 e. The first-order chi connectivity index (χ1) is 8.21. The van der Waals surface area contributed by atoms with E-state index in [9.17, 15) is 18.0 Å². The number of benzene rings is 1. The second-order valence-corrected chi connectivity index (χ2v) is 4.61. The molecule has 2 nitrogen and oxygen atoms in total. The third-order valence-electron chi connectivity index (χ3n) is 2.79. The Bertz CT molecular complexity index is 426. The maximum absolute atomic E-state index is 12.5. The molecule has 1 unspecified atom stereocenters. The summed E-state index contributed by atoms with van der Waals surface area (Å²) in [5, 5.41) is 0. The number of carbonyl (C=O) groups excluding carboxylic acids is 1. The van der Waals surface area contributed by atoms with E-state index < -0.39 is 11.7 Å². The quantitative estimate of drug-likeness (QED) is 0.843. The monoisotopic (exact) mass is 259 g/mol. The van der Waals surface area contributed by atoms with Crippen molar-refractivity contribution in [2.45, 2.75) is 32.5 Å². The third-order valence-corrected chi connectivity index (χ3v) is 2.79. The van der Waals surface area contributed by atoms with Gasteiger partial charge in [0.2, 0.25) is 0 Å². The molecule has 0 saturated carbocycles. The van der Waals surface area contributed by atoms with Gasteiger partial charge in [-0.05, 0) is 18.1 Å². The van der Waals surface area contributed by atoms with Crippen LogP contribution in [0.15, 0.2) is 24.3 Å². The minimum atomic E-state index is -4.43. The fourth-order valence-electron chi connectivity index (χ4n) is 1.44. The zero-order valence-corrected chi connectivity index (χ0v) is 10.3. The lowest BCUT2D eigenvalue weighted by molar-refractivity contribution is -0.137. The molecule has 1 atom stereocenters. The topological polar surface area (TPSA) is 43.1 Å². The first kappa shape index (κ1) is 14.7. The first-order valence-electron chi connectivity index (χ1n) is 5.68. The molecule has 1 aromatic carbocycles. The van der Waals surface area contributed by atoms with Crippen LogP contribution >= 0.6 is 0 Å². The van der Waals surface area contributed by atoms with E-state index in [1.54, 1.807) is 0 Å². The average molecular weight is 259 g/mol. The lowest BCUT2D eigenvalue weighted by Crippen LogP contribution is -2.29. The Hall–Kier alpha value is -1.36. The van der Waals surface area contributed by atoms with Gasteiger partial charge in [0.1, 0.15) is 0 Å². The molecule has 0 radical (unpaired) electrons. The van der Waals surface area contributed by atoms with Gasteiger partial charge in [0.05, 0.1) is 5.56 Å². The molecular formula is C13H16F3NO. The zero-order chi connectivity index (χ0) is 13.9. The molecule has 0 spiro atoms. The van der Waals surface area contributed by atoms with Crippen molar-refractivity contribution in [3.8, 4) is 0 Å². The average Bonchev–Trinajstić information content (AvgIpc) is 2.27. The highest BCUT2D eigenvalue weighted by atomic mass is 19.4. The Morgan fingerprint density at radius 3 is 2.44 bits per heavy atom. The third kappa shape index (κ3) is 3.84. The molecule has 0 bridgehead atoms. The second-order valence-electron chi connectivity index (χ2n) is 4.61. The number of hydrogen-bond donors (Lipinski definition) is 1. The van der Waals surface area contributed by atoms with E-state index in [-0.39, 0.29) is 29.7 Å². The van der Waals surface area contributed by atoms with Crippen LogP contribution in [0, 0.1) is 5.92 Å². The summed E-state index contributed by atoms with van der Waals surface area (Å²) < 4.78 is 37.5. The standard InChI is InChI=1S/C13H16F3NO/c1-8(2)11(17)7-12(18)9-4-3-5-10(6-9)13(14,15)16/h3-6,8,11H,7,17H2,1-2H3. The molecule has 18 heavy (non-hydrogen) atoms. The van der Waals surface area contributed by atoms with E-state index in [0.29, 0.717) is 0 Å². The fraction of sp³-hybridized carbons (Fsp3) is 0.462. The van der Waals surface area contributed by atoms with Gasteiger partial charge in [0, 0.05) is 18.0 Å². The molecule has 100 valence electrons. The van der Waals surface area contributed by atoms with E-state index in [1.807, 2.05) is 13.8 Å². The largest absolute Gasteiger partial charge is 0.416 e. The Balaban J connectivity index is 2.87. The number of nitrogens with two attached hydrogens (primary N) is 1. The zero-order valence-electron chi connectivity index (χ0n) is 10.3. The van der Waals surface area contributed by atoms with Crippen molar-refractivity contribution >= 4 is 5.78 Å². The molecule has 1 rings (SSSR count). The highest BCUT2D eigenvalue weighted by Gasteiger charge is 2.31. The number of carbonyl (C=O) groups is 1. The maximum Gasteiger partial charge on any atom is 0.416 e. The smallest absolute Gasteiger partial charge is 0.327 e. The first-order valence-corrected chi connectivity index (χ1v) is 5.68. The molecule has 5 heteroatoms. The van der Waals surface area contributed by atoms with E-state index in [2.05, 4.69) is 0 Å². The summed E-state index contributed by atoms with van der Waals surface area (Å²) in [6.07, 6.45) is -4.38. The summed E-state index contributed by atoms with van der Waals surface area (Å²) >= 11 is 0. The van der Waals surface area contributed by atoms with Crippen molar-refractivity contribution < 1.29 is 18.0 Å². The van der Waals surface area contributed by atoms with Crippen LogP contribution in [0.1, 0.15) is 36.2 Å². The van der Waals surface area contributed by atoms with Crippen LogP contribution in [0.25, 0.3) is 0 Å². The molecular weight excluding hydrogens is 243 g/mol. The number of ketones is 1. The molecule has 1 aromatic rings. The van der Waals surface area contributed by atoms with Crippen molar-refractivity contribution in [3.05, 3.63) is 35.4 Å². The molecule has 0 fully saturated rings. The van der Waals surface area contributed by atoms with Gasteiger partial charge in [-0.2, -0.15) is 13.2 Å². The van der Waals surface area contributed by atoms with E-state index in [1.165, 1.54) is 12.1 Å². The van der Waals surface area contributed by atoms with Crippen LogP contribution in [0.2, 0.25) is 0 Å². The van der Waals surface area contributed by atoms with Gasteiger partial charge < -0.3 is 5.73 Å². The molecule has 0 saturated heterocycles. The van der Waals surface area contributed by atoms with Crippen molar-refractivity contribution in [3.63, 3.8) is 0 Å². The Kier molecular flexibility index (Phi) is 4.51. The van der Waals surface area contributed by atoms with Gasteiger partial charge >= 0.3 is 6.18 Å². The summed E-state index contributed by atoms with van der Waals surface area (Å²) in [6.45, 7) is 3.73. The Morgan fingerprint density at radius 1 is 1.33 bits per heavy atom. The van der Waals surface area contributed by atoms with Gasteiger partial charge in [-0.1, -0.05) is 26.0 Å². The van der Waals surface area contributed by atoms with Crippen molar-refractivity contribution in [2.75, 3.05) is 0 Å². The van der Waals surface area contributed by atoms with Gasteiger partial charge in [-0.3, -0.25) is 4.79 Å². The van der Waals surface area contributed by atoms with Crippen LogP contribution < -0.4 is 5.73 Å². The van der Waals surface area contributed by atoms with Crippen LogP contribution in [0.4, 0.5) is 13.2 Å². The lowest BCUT2D eigenvalue weighted by atomic mass is 9.96. The SMILES string of the molecule is CC(C)C(N)CC(=O)c1cccc(C(F)(F)F)c1. The number of Topliss-reactive ketones (excluding diaryl/α,β-unsaturated/α-hetero) is 1. The lowest BCUT2D eigenvalue weighted by Gasteiger charge is -2.15. The number of rotatable bonds is 4. The number of alkyl halides is 3. The summed E-state index contributed by atoms with van der Waals surface area (Å²) in [5.74, 6) is -0.248. The van der Waals surface area contributed by atoms with E-state index >= 15 is 0 Å². The van der Waals surface area contributed by atoms with Crippen LogP contribution in [-0.4, -0.2) is 11.8 Å². The minimum absolute atomic E-state index is 0.0545. The summed E-state index contributed by atoms with van der Waals surface area (Å²) in [4.78, 5) is 11.8. The summed E-state index contributed by atoms with van der Waals surface area (Å²) in [5.41, 5.74) is 4.98. The number of halogens is 3. The van der Waals surface area contributed by atoms with Crippen LogP contribution in [0.3, 0.4) is 0 Å². The van der Waals surface area contributed by atoms with Gasteiger partial charge in [-0.15, -0.1) is 0 Å². The second kappa shape index (κ2) is 5.52. The highest BCUT2D eigenvalue weighted by molar-refractivity contribution is 5.96. The van der Waals surface area contributed by atoms with E-state index in [4.69, 9.17) is 5.73 Å². The van der Waals surface area contributed by atoms with Crippen molar-refractivity contribution in [1.29, 1.82) is 0 Å². The summed E-state index contributed by atoms with van der Waals surface area (Å²) in [6, 6.07) is 4.09. The molecule has 0 aliphatic rings. The fourth-order valence-corrected chi connectivity index (χ4v) is 1.44. The molecule has 0 aromatic heterocycles. The highest BCUT2D eigenvalue weighted by Crippen LogP contribution is 2.29. The van der Waals surface area contributed by atoms with Crippen molar-refractivity contribution in [1.82, 2.24) is 0 Å². The molecule has 0 amide bonds. The van der Waals surface area contributed by atoms with E-state index in [0.717, 1.165) is 12.1 Å². The Morgan fingerprint density at radius 2 is 1.94 bits per heavy atom. The Labute approximate surface area is 104 Å². The number of hydrogen-bond acceptors (Lipinski definition) is 2. The predicted molar refractivity (Wildman–Crippen MR) is 63.2 cm³/mol. The van der Waals surface area contributed by atoms with Gasteiger partial charge in [0.15, 0.2) is 5.78 Å². The molecule has 0 aliphatic heterocycles. The van der Waals surface area contributed by atoms with Gasteiger partial charge in [0.25, 0.3) is 0 Å². The van der Waals surface area contributed by atoms with Crippen LogP contribution in [0.5, 0.6) is 0 Å². The van der Waals surface area contributed by atoms with Gasteiger partial charge in [-0.25, -0.2) is 0 Å². The molecule has 0 aliphatic carbocycles. The molecule has 2 N–H and O–H groups in total. The normalized spacial score (nSPS) is 13.7.